The van der Waals surface area contributed by atoms with E-state index in [-0.39, 0.29) is 0 Å². The highest BCUT2D eigenvalue weighted by Crippen LogP contribution is 2.13. The van der Waals surface area contributed by atoms with Crippen LogP contribution >= 0.6 is 0 Å². The van der Waals surface area contributed by atoms with Gasteiger partial charge in [-0.15, -0.1) is 12.3 Å². The van der Waals surface area contributed by atoms with Crippen molar-refractivity contribution in [1.82, 2.24) is 10.2 Å². The minimum atomic E-state index is 0.645. The lowest BCUT2D eigenvalue weighted by atomic mass is 9.99. The van der Waals surface area contributed by atoms with Gasteiger partial charge in [-0.25, -0.2) is 0 Å². The molecule has 1 aliphatic heterocycles. The number of hydrogen-bond acceptors (Lipinski definition) is 2. The highest BCUT2D eigenvalue weighted by atomic mass is 15.2. The molecule has 0 aromatic heterocycles. The van der Waals surface area contributed by atoms with Crippen LogP contribution in [0, 0.1) is 18.3 Å². The van der Waals surface area contributed by atoms with E-state index in [0.29, 0.717) is 18.0 Å². The standard InChI is InChI=1S/C13H24N2/c1-5-6-7-8-15-10-13(11(2)3)14-9-12(15)4/h1,11-14H,6-10H2,2-4H3. The lowest BCUT2D eigenvalue weighted by Gasteiger charge is -2.40. The molecule has 2 heteroatoms. The summed E-state index contributed by atoms with van der Waals surface area (Å²) >= 11 is 0. The van der Waals surface area contributed by atoms with Crippen molar-refractivity contribution in [2.75, 3.05) is 19.6 Å². The van der Waals surface area contributed by atoms with Crippen LogP contribution in [0.5, 0.6) is 0 Å². The summed E-state index contributed by atoms with van der Waals surface area (Å²) in [5, 5.41) is 3.61. The van der Waals surface area contributed by atoms with Gasteiger partial charge in [0.05, 0.1) is 0 Å². The number of unbranched alkanes of at least 4 members (excludes halogenated alkanes) is 1. The van der Waals surface area contributed by atoms with Crippen molar-refractivity contribution in [3.63, 3.8) is 0 Å². The average Bonchev–Trinajstić information content (AvgIpc) is 2.20. The molecule has 1 aliphatic rings. The topological polar surface area (TPSA) is 15.3 Å². The Hall–Kier alpha value is -0.520. The van der Waals surface area contributed by atoms with Crippen molar-refractivity contribution in [3.05, 3.63) is 0 Å². The van der Waals surface area contributed by atoms with Gasteiger partial charge in [-0.2, -0.15) is 0 Å². The number of nitrogens with zero attached hydrogens (tertiary/aromatic N) is 1. The predicted octanol–water partition coefficient (Wildman–Crippen LogP) is 1.72. The third-order valence-corrected chi connectivity index (χ3v) is 3.30. The normalized spacial score (nSPS) is 27.9. The van der Waals surface area contributed by atoms with Gasteiger partial charge >= 0.3 is 0 Å². The van der Waals surface area contributed by atoms with E-state index in [1.807, 2.05) is 0 Å². The summed E-state index contributed by atoms with van der Waals surface area (Å²) in [5.74, 6) is 3.43. The third kappa shape index (κ3) is 3.85. The fraction of sp³-hybridized carbons (Fsp3) is 0.846. The second kappa shape index (κ2) is 6.15. The summed E-state index contributed by atoms with van der Waals surface area (Å²) in [5.41, 5.74) is 0. The van der Waals surface area contributed by atoms with Gasteiger partial charge < -0.3 is 5.32 Å². The average molecular weight is 208 g/mol. The summed E-state index contributed by atoms with van der Waals surface area (Å²) < 4.78 is 0. The van der Waals surface area contributed by atoms with Crippen LogP contribution < -0.4 is 5.32 Å². The molecule has 1 rings (SSSR count). The van der Waals surface area contributed by atoms with Crippen LogP contribution in [0.15, 0.2) is 0 Å². The Labute approximate surface area is 94.4 Å². The minimum Gasteiger partial charge on any atom is -0.311 e. The number of rotatable bonds is 4. The molecule has 1 saturated heterocycles. The Morgan fingerprint density at radius 1 is 1.53 bits per heavy atom. The van der Waals surface area contributed by atoms with Crippen molar-refractivity contribution in [2.24, 2.45) is 5.92 Å². The summed E-state index contributed by atoms with van der Waals surface area (Å²) in [6.07, 6.45) is 7.31. The predicted molar refractivity (Wildman–Crippen MR) is 65.7 cm³/mol. The molecule has 0 radical (unpaired) electrons. The van der Waals surface area contributed by atoms with Crippen LogP contribution in [0.2, 0.25) is 0 Å². The van der Waals surface area contributed by atoms with E-state index in [4.69, 9.17) is 6.42 Å². The molecule has 2 atom stereocenters. The summed E-state index contributed by atoms with van der Waals surface area (Å²) in [6.45, 7) is 10.3. The largest absolute Gasteiger partial charge is 0.311 e. The molecule has 0 aromatic rings. The Balaban J connectivity index is 2.36. The van der Waals surface area contributed by atoms with Gasteiger partial charge in [0.25, 0.3) is 0 Å². The molecular formula is C13H24N2. The van der Waals surface area contributed by atoms with Gasteiger partial charge in [-0.1, -0.05) is 13.8 Å². The van der Waals surface area contributed by atoms with E-state index in [0.717, 1.165) is 25.9 Å². The molecule has 1 fully saturated rings. The van der Waals surface area contributed by atoms with Gasteiger partial charge in [-0.3, -0.25) is 4.90 Å². The zero-order chi connectivity index (χ0) is 11.3. The minimum absolute atomic E-state index is 0.645. The van der Waals surface area contributed by atoms with Crippen molar-refractivity contribution < 1.29 is 0 Å². The maximum absolute atomic E-state index is 5.27. The van der Waals surface area contributed by atoms with Crippen molar-refractivity contribution in [2.45, 2.75) is 45.7 Å². The number of piperazine rings is 1. The molecule has 1 heterocycles. The Bertz CT molecular complexity index is 217. The smallest absolute Gasteiger partial charge is 0.0218 e. The Morgan fingerprint density at radius 3 is 2.87 bits per heavy atom. The zero-order valence-corrected chi connectivity index (χ0v) is 10.3. The number of terminal acetylenes is 1. The van der Waals surface area contributed by atoms with Crippen LogP contribution in [-0.4, -0.2) is 36.6 Å². The zero-order valence-electron chi connectivity index (χ0n) is 10.3. The molecular weight excluding hydrogens is 184 g/mol. The molecule has 0 amide bonds. The van der Waals surface area contributed by atoms with Crippen molar-refractivity contribution >= 4 is 0 Å². The maximum atomic E-state index is 5.27. The first-order valence-corrected chi connectivity index (χ1v) is 6.06. The van der Waals surface area contributed by atoms with Crippen LogP contribution in [0.4, 0.5) is 0 Å². The van der Waals surface area contributed by atoms with Gasteiger partial charge in [0.2, 0.25) is 0 Å². The fourth-order valence-electron chi connectivity index (χ4n) is 2.09. The second-order valence-corrected chi connectivity index (χ2v) is 4.91. The van der Waals surface area contributed by atoms with E-state index >= 15 is 0 Å². The fourth-order valence-corrected chi connectivity index (χ4v) is 2.09. The van der Waals surface area contributed by atoms with E-state index in [1.165, 1.54) is 6.54 Å². The molecule has 0 aromatic carbocycles. The first kappa shape index (κ1) is 12.5. The highest BCUT2D eigenvalue weighted by Gasteiger charge is 2.25. The number of hydrogen-bond donors (Lipinski definition) is 1. The van der Waals surface area contributed by atoms with Crippen LogP contribution in [-0.2, 0) is 0 Å². The van der Waals surface area contributed by atoms with Crippen LogP contribution in [0.1, 0.15) is 33.6 Å². The summed E-state index contributed by atoms with van der Waals surface area (Å²) in [6, 6.07) is 1.30. The van der Waals surface area contributed by atoms with Crippen LogP contribution in [0.25, 0.3) is 0 Å². The third-order valence-electron chi connectivity index (χ3n) is 3.30. The molecule has 86 valence electrons. The lowest BCUT2D eigenvalue weighted by molar-refractivity contribution is 0.122. The van der Waals surface area contributed by atoms with Gasteiger partial charge in [0, 0.05) is 31.6 Å². The van der Waals surface area contributed by atoms with E-state index < -0.39 is 0 Å². The van der Waals surface area contributed by atoms with Crippen LogP contribution in [0.3, 0.4) is 0 Å². The molecule has 0 bridgehead atoms. The van der Waals surface area contributed by atoms with Gasteiger partial charge in [-0.05, 0) is 25.8 Å². The van der Waals surface area contributed by atoms with E-state index in [2.05, 4.69) is 36.9 Å². The van der Waals surface area contributed by atoms with Crippen molar-refractivity contribution in [3.8, 4) is 12.3 Å². The molecule has 0 spiro atoms. The maximum Gasteiger partial charge on any atom is 0.0218 e. The first-order valence-electron chi connectivity index (χ1n) is 6.06. The Morgan fingerprint density at radius 2 is 2.27 bits per heavy atom. The Kier molecular flexibility index (Phi) is 5.14. The summed E-state index contributed by atoms with van der Waals surface area (Å²) in [4.78, 5) is 2.57. The monoisotopic (exact) mass is 208 g/mol. The molecule has 2 nitrogen and oxygen atoms in total. The molecule has 0 aliphatic carbocycles. The molecule has 15 heavy (non-hydrogen) atoms. The van der Waals surface area contributed by atoms with E-state index in [9.17, 15) is 0 Å². The second-order valence-electron chi connectivity index (χ2n) is 4.91. The highest BCUT2D eigenvalue weighted by molar-refractivity contribution is 4.87. The molecule has 0 saturated carbocycles. The van der Waals surface area contributed by atoms with Crippen molar-refractivity contribution in [1.29, 1.82) is 0 Å². The summed E-state index contributed by atoms with van der Waals surface area (Å²) in [7, 11) is 0. The van der Waals surface area contributed by atoms with E-state index in [1.54, 1.807) is 0 Å². The van der Waals surface area contributed by atoms with Gasteiger partial charge in [0.15, 0.2) is 0 Å². The first-order chi connectivity index (χ1) is 7.15. The number of nitrogens with one attached hydrogen (secondary N) is 1. The molecule has 2 unspecified atom stereocenters. The molecule has 1 N–H and O–H groups in total. The quantitative estimate of drug-likeness (QED) is 0.559. The van der Waals surface area contributed by atoms with Gasteiger partial charge in [0.1, 0.15) is 0 Å². The lowest BCUT2D eigenvalue weighted by Crippen LogP contribution is -2.57. The SMILES string of the molecule is C#CCCCN1CC(C(C)C)NCC1C.